The van der Waals surface area contributed by atoms with Gasteiger partial charge in [-0.3, -0.25) is 0 Å². The third kappa shape index (κ3) is 5.32. The van der Waals surface area contributed by atoms with E-state index in [9.17, 15) is 0 Å². The minimum Gasteiger partial charge on any atom is -0.310 e. The Morgan fingerprint density at radius 3 is 1.42 bits per heavy atom. The Balaban J connectivity index is 0.987. The van der Waals surface area contributed by atoms with Gasteiger partial charge < -0.3 is 4.90 Å². The zero-order valence-corrected chi connectivity index (χ0v) is 38.8. The van der Waals surface area contributed by atoms with E-state index in [4.69, 9.17) is 0 Å². The fourth-order valence-corrected chi connectivity index (χ4v) is 15.9. The van der Waals surface area contributed by atoms with Gasteiger partial charge in [0.05, 0.1) is 11.1 Å². The molecule has 4 saturated carbocycles. The second-order valence-electron chi connectivity index (χ2n) is 22.3. The van der Waals surface area contributed by atoms with Crippen LogP contribution in [0.3, 0.4) is 0 Å². The number of rotatable bonds is 6. The molecule has 0 amide bonds. The lowest BCUT2D eigenvalue weighted by Gasteiger charge is -2.34. The van der Waals surface area contributed by atoms with E-state index in [1.807, 2.05) is 0 Å². The maximum absolute atomic E-state index is 2.74. The number of benzene rings is 8. The highest BCUT2D eigenvalue weighted by Gasteiger charge is 2.53. The van der Waals surface area contributed by atoms with Crippen molar-refractivity contribution >= 4 is 17.1 Å². The van der Waals surface area contributed by atoms with Crippen molar-refractivity contribution in [2.75, 3.05) is 4.90 Å². The summed E-state index contributed by atoms with van der Waals surface area (Å²) in [5.74, 6) is 4.78. The van der Waals surface area contributed by atoms with Crippen molar-refractivity contribution in [3.63, 3.8) is 0 Å². The Bertz CT molecular complexity index is 3270. The smallest absolute Gasteiger partial charge is 0.0726 e. The van der Waals surface area contributed by atoms with Gasteiger partial charge >= 0.3 is 0 Å². The van der Waals surface area contributed by atoms with E-state index >= 15 is 0 Å². The van der Waals surface area contributed by atoms with Crippen LogP contribution in [0.1, 0.15) is 122 Å². The highest BCUT2D eigenvalue weighted by molar-refractivity contribution is 5.98. The summed E-state index contributed by atoms with van der Waals surface area (Å²) in [5, 5.41) is 0. The topological polar surface area (TPSA) is 3.24 Å². The Morgan fingerprint density at radius 2 is 0.836 bits per heavy atom. The molecule has 8 aromatic carbocycles. The molecular formula is C66H57N. The van der Waals surface area contributed by atoms with Gasteiger partial charge in [0, 0.05) is 22.4 Å². The number of para-hydroxylation sites is 1. The van der Waals surface area contributed by atoms with Crippen molar-refractivity contribution in [3.8, 4) is 44.5 Å². The van der Waals surface area contributed by atoms with Crippen molar-refractivity contribution in [2.45, 2.75) is 87.9 Å². The van der Waals surface area contributed by atoms with Gasteiger partial charge in [0.15, 0.2) is 0 Å². The molecule has 6 atom stereocenters. The lowest BCUT2D eigenvalue weighted by molar-refractivity contribution is 0.419. The van der Waals surface area contributed by atoms with E-state index in [-0.39, 0.29) is 5.41 Å². The molecule has 7 aliphatic carbocycles. The van der Waals surface area contributed by atoms with Crippen molar-refractivity contribution in [1.29, 1.82) is 0 Å². The Morgan fingerprint density at radius 1 is 0.373 bits per heavy atom. The fourth-order valence-electron chi connectivity index (χ4n) is 15.9. The van der Waals surface area contributed by atoms with Crippen LogP contribution in [0.15, 0.2) is 176 Å². The van der Waals surface area contributed by atoms with Crippen LogP contribution in [0.5, 0.6) is 0 Å². The van der Waals surface area contributed by atoms with Crippen LogP contribution < -0.4 is 4.90 Å². The summed E-state index contributed by atoms with van der Waals surface area (Å²) >= 11 is 0. The van der Waals surface area contributed by atoms with Crippen LogP contribution in [0, 0.1) is 23.7 Å². The maximum Gasteiger partial charge on any atom is 0.0726 e. The molecule has 6 unspecified atom stereocenters. The van der Waals surface area contributed by atoms with E-state index in [1.54, 1.807) is 11.1 Å². The van der Waals surface area contributed by atoms with E-state index < -0.39 is 5.41 Å². The highest BCUT2D eigenvalue weighted by Crippen LogP contribution is 2.66. The molecule has 4 bridgehead atoms. The highest BCUT2D eigenvalue weighted by atomic mass is 15.1. The first-order valence-corrected chi connectivity index (χ1v) is 25.7. The molecule has 0 radical (unpaired) electrons. The zero-order chi connectivity index (χ0) is 44.2. The SMILES string of the molecule is CC1(C)c2ccccc2-c2ccc(N(c3ccc4c(c3)C3(c5ccccc5-4)c4cc(C5CC6CCC5C6)ccc4-c4ccc(C5CC6CCC5C6)cc43)c3ccccc3-c3ccccc3)cc21. The molecule has 1 spiro atoms. The van der Waals surface area contributed by atoms with Gasteiger partial charge in [0.2, 0.25) is 0 Å². The van der Waals surface area contributed by atoms with Crippen molar-refractivity contribution in [3.05, 3.63) is 220 Å². The van der Waals surface area contributed by atoms with E-state index in [0.29, 0.717) is 11.8 Å². The standard InChI is InChI=1S/C66H57N/c1-65(2)58-17-9-6-15-50(58)52-30-26-47(38-60(52)65)67(64-19-11-8-14-49(64)42-12-4-3-5-13-42)48-27-31-55-51-16-7-10-18-59(51)66(63(55)39-48)61-36-45(56-34-40-20-22-43(56)32-40)24-28-53(61)54-29-25-46(37-62(54)66)57-35-41-21-23-44(57)33-41/h3-19,24-31,36-41,43-44,56-57H,20-23,32-35H2,1-2H3. The number of hydrogen-bond donors (Lipinski definition) is 0. The largest absolute Gasteiger partial charge is 0.310 e. The second-order valence-corrected chi connectivity index (χ2v) is 22.3. The van der Waals surface area contributed by atoms with Crippen LogP contribution in [-0.2, 0) is 10.8 Å². The van der Waals surface area contributed by atoms with Crippen LogP contribution >= 0.6 is 0 Å². The van der Waals surface area contributed by atoms with Gasteiger partial charge in [0.1, 0.15) is 0 Å². The van der Waals surface area contributed by atoms with Gasteiger partial charge in [-0.1, -0.05) is 172 Å². The van der Waals surface area contributed by atoms with E-state index in [1.165, 1.54) is 146 Å². The molecule has 67 heavy (non-hydrogen) atoms. The Labute approximate surface area is 396 Å². The van der Waals surface area contributed by atoms with Gasteiger partial charge in [0.25, 0.3) is 0 Å². The normalized spacial score (nSPS) is 25.8. The second kappa shape index (κ2) is 14.1. The first-order chi connectivity index (χ1) is 32.9. The Hall–Kier alpha value is -6.44. The molecule has 8 aromatic rings. The molecule has 4 fully saturated rings. The molecule has 0 N–H and O–H groups in total. The van der Waals surface area contributed by atoms with Crippen molar-refractivity contribution < 1.29 is 0 Å². The van der Waals surface area contributed by atoms with Gasteiger partial charge in [-0.25, -0.2) is 0 Å². The zero-order valence-electron chi connectivity index (χ0n) is 38.8. The molecule has 15 rings (SSSR count). The molecule has 0 heterocycles. The minimum absolute atomic E-state index is 0.124. The van der Waals surface area contributed by atoms with E-state index in [2.05, 4.69) is 195 Å². The summed E-state index contributed by atoms with van der Waals surface area (Å²) in [7, 11) is 0. The third-order valence-electron chi connectivity index (χ3n) is 18.9. The third-order valence-corrected chi connectivity index (χ3v) is 18.9. The lowest BCUT2D eigenvalue weighted by Crippen LogP contribution is -2.27. The molecule has 1 nitrogen and oxygen atoms in total. The average Bonchev–Trinajstić information content (AvgIpc) is 4.28. The summed E-state index contributed by atoms with van der Waals surface area (Å²) in [6.07, 6.45) is 11.2. The van der Waals surface area contributed by atoms with Gasteiger partial charge in [-0.2, -0.15) is 0 Å². The first-order valence-electron chi connectivity index (χ1n) is 25.7. The molecule has 0 aromatic heterocycles. The van der Waals surface area contributed by atoms with E-state index in [0.717, 1.165) is 23.7 Å². The number of anilines is 3. The van der Waals surface area contributed by atoms with Crippen molar-refractivity contribution in [1.82, 2.24) is 0 Å². The van der Waals surface area contributed by atoms with Gasteiger partial charge in [-0.15, -0.1) is 0 Å². The minimum atomic E-state index is -0.431. The van der Waals surface area contributed by atoms with Crippen LogP contribution in [0.25, 0.3) is 44.5 Å². The van der Waals surface area contributed by atoms with Crippen LogP contribution in [-0.4, -0.2) is 0 Å². The summed E-state index contributed by atoms with van der Waals surface area (Å²) in [4.78, 5) is 2.59. The Kier molecular flexibility index (Phi) is 8.11. The number of fused-ring (bicyclic) bond motifs is 17. The molecule has 1 heteroatoms. The quantitative estimate of drug-likeness (QED) is 0.161. The summed E-state index contributed by atoms with van der Waals surface area (Å²) in [6.45, 7) is 4.82. The monoisotopic (exact) mass is 863 g/mol. The lowest BCUT2D eigenvalue weighted by atomic mass is 9.69. The number of hydrogen-bond acceptors (Lipinski definition) is 1. The van der Waals surface area contributed by atoms with Crippen molar-refractivity contribution in [2.24, 2.45) is 23.7 Å². The van der Waals surface area contributed by atoms with Crippen LogP contribution in [0.2, 0.25) is 0 Å². The maximum atomic E-state index is 2.74. The summed E-state index contributed by atoms with van der Waals surface area (Å²) < 4.78 is 0. The average molecular weight is 864 g/mol. The summed E-state index contributed by atoms with van der Waals surface area (Å²) in [5.41, 5.74) is 25.6. The van der Waals surface area contributed by atoms with Gasteiger partial charge in [-0.05, 0) is 188 Å². The van der Waals surface area contributed by atoms with Crippen LogP contribution in [0.4, 0.5) is 17.1 Å². The molecule has 0 aliphatic heterocycles. The predicted octanol–water partition coefficient (Wildman–Crippen LogP) is 17.3. The summed E-state index contributed by atoms with van der Waals surface area (Å²) in [6, 6.07) is 69.2. The number of nitrogens with zero attached hydrogens (tertiary/aromatic N) is 1. The fraction of sp³-hybridized carbons (Fsp3) is 0.273. The predicted molar refractivity (Wildman–Crippen MR) is 277 cm³/mol. The molecular weight excluding hydrogens is 807 g/mol. The molecule has 326 valence electrons. The molecule has 0 saturated heterocycles. The molecule has 7 aliphatic rings. The first kappa shape index (κ1) is 38.6.